The fraction of sp³-hybridized carbons (Fsp3) is 0.286. The third-order valence-electron chi connectivity index (χ3n) is 5.46. The van der Waals surface area contributed by atoms with Crippen molar-refractivity contribution in [3.63, 3.8) is 0 Å². The molecular weight excluding hydrogens is 458 g/mol. The van der Waals surface area contributed by atoms with Gasteiger partial charge in [-0.1, -0.05) is 17.7 Å². The number of carbonyl (C=O) groups excluding carboxylic acids is 1. The van der Waals surface area contributed by atoms with Crippen molar-refractivity contribution >= 4 is 28.6 Å². The Morgan fingerprint density at radius 3 is 2.58 bits per heavy atom. The highest BCUT2D eigenvalue weighted by Crippen LogP contribution is 2.44. The molecule has 0 saturated carbocycles. The van der Waals surface area contributed by atoms with Crippen molar-refractivity contribution < 1.29 is 18.0 Å². The summed E-state index contributed by atoms with van der Waals surface area (Å²) in [6.45, 7) is 3.22. The molecule has 1 aromatic carbocycles. The first-order valence-corrected chi connectivity index (χ1v) is 10.3. The summed E-state index contributed by atoms with van der Waals surface area (Å²) < 4.78 is 33.5. The number of H-pyrrole nitrogens is 2. The zero-order valence-electron chi connectivity index (χ0n) is 17.7. The SMILES string of the molecule is Cc1nc(C2c3c(-c4cccc5[nH]c(=O)oc45)n[nH]c3C(=O)N2CC(C)(F)F)nc(C)c1Cl. The minimum absolute atomic E-state index is 0.0444. The van der Waals surface area contributed by atoms with Gasteiger partial charge in [-0.25, -0.2) is 23.5 Å². The van der Waals surface area contributed by atoms with Gasteiger partial charge in [0.1, 0.15) is 17.4 Å². The quantitative estimate of drug-likeness (QED) is 0.464. The Hall–Kier alpha value is -3.60. The number of carbonyl (C=O) groups is 1. The van der Waals surface area contributed by atoms with E-state index in [4.69, 9.17) is 16.0 Å². The second-order valence-corrected chi connectivity index (χ2v) is 8.41. The van der Waals surface area contributed by atoms with Crippen LogP contribution in [0.15, 0.2) is 27.4 Å². The molecule has 4 heterocycles. The minimum Gasteiger partial charge on any atom is -0.407 e. The Labute approximate surface area is 189 Å². The molecule has 0 radical (unpaired) electrons. The molecule has 1 amide bonds. The molecule has 2 N–H and O–H groups in total. The molecule has 1 unspecified atom stereocenters. The smallest absolute Gasteiger partial charge is 0.407 e. The van der Waals surface area contributed by atoms with Crippen LogP contribution in [0.1, 0.15) is 46.2 Å². The largest absolute Gasteiger partial charge is 0.417 e. The summed E-state index contributed by atoms with van der Waals surface area (Å²) in [5.74, 6) is -4.35. The number of nitrogens with zero attached hydrogens (tertiary/aromatic N) is 4. The van der Waals surface area contributed by atoms with Crippen LogP contribution >= 0.6 is 11.6 Å². The number of hydrogen-bond acceptors (Lipinski definition) is 6. The predicted molar refractivity (Wildman–Crippen MR) is 114 cm³/mol. The van der Waals surface area contributed by atoms with E-state index in [-0.39, 0.29) is 22.8 Å². The molecule has 0 bridgehead atoms. The van der Waals surface area contributed by atoms with Gasteiger partial charge in [-0.2, -0.15) is 5.10 Å². The average Bonchev–Trinajstić information content (AvgIpc) is 3.38. The van der Waals surface area contributed by atoms with Crippen molar-refractivity contribution in [1.29, 1.82) is 0 Å². The van der Waals surface area contributed by atoms with Crippen LogP contribution in [0.2, 0.25) is 5.02 Å². The van der Waals surface area contributed by atoms with E-state index >= 15 is 0 Å². The van der Waals surface area contributed by atoms with Gasteiger partial charge in [0.15, 0.2) is 11.4 Å². The summed E-state index contributed by atoms with van der Waals surface area (Å²) in [5, 5.41) is 7.28. The van der Waals surface area contributed by atoms with Crippen molar-refractivity contribution in [3.05, 3.63) is 62.2 Å². The molecule has 1 atom stereocenters. The van der Waals surface area contributed by atoms with Gasteiger partial charge in [-0.05, 0) is 26.0 Å². The number of alkyl halides is 2. The first-order chi connectivity index (χ1) is 15.5. The summed E-state index contributed by atoms with van der Waals surface area (Å²) in [5.41, 5.74) is 2.61. The number of rotatable bonds is 4. The van der Waals surface area contributed by atoms with Gasteiger partial charge in [0, 0.05) is 18.1 Å². The lowest BCUT2D eigenvalue weighted by atomic mass is 10.00. The van der Waals surface area contributed by atoms with Crippen LogP contribution in [0.5, 0.6) is 0 Å². The third-order valence-corrected chi connectivity index (χ3v) is 6.00. The molecule has 4 aromatic rings. The standard InChI is InChI=1S/C21H17ClF2N6O3/c1-8-13(22)9(2)26-18(25-8)16-12-14(10-5-4-6-11-17(10)33-20(32)27-11)28-29-15(12)19(31)30(16)7-21(3,23)24/h4-6,16H,7H2,1-3H3,(H,27,32)(H,28,29). The number of aryl methyl sites for hydroxylation is 2. The van der Waals surface area contributed by atoms with Crippen molar-refractivity contribution in [1.82, 2.24) is 30.0 Å². The van der Waals surface area contributed by atoms with Gasteiger partial charge in [-0.3, -0.25) is 14.9 Å². The average molecular weight is 475 g/mol. The molecule has 3 aromatic heterocycles. The molecule has 0 saturated heterocycles. The minimum atomic E-state index is -3.17. The number of benzene rings is 1. The molecular formula is C21H17ClF2N6O3. The topological polar surface area (TPSA) is 121 Å². The molecule has 12 heteroatoms. The van der Waals surface area contributed by atoms with Crippen molar-refractivity contribution in [2.75, 3.05) is 6.54 Å². The summed E-state index contributed by atoms with van der Waals surface area (Å²) in [6.07, 6.45) is 0. The zero-order chi connectivity index (χ0) is 23.7. The fourth-order valence-electron chi connectivity index (χ4n) is 4.14. The number of halogens is 3. The second kappa shape index (κ2) is 7.20. The number of nitrogens with one attached hydrogen (secondary N) is 2. The van der Waals surface area contributed by atoms with E-state index in [2.05, 4.69) is 25.1 Å². The highest BCUT2D eigenvalue weighted by molar-refractivity contribution is 6.31. The number of fused-ring (bicyclic) bond motifs is 2. The Balaban J connectivity index is 1.77. The van der Waals surface area contributed by atoms with E-state index in [1.807, 2.05) is 0 Å². The van der Waals surface area contributed by atoms with E-state index < -0.39 is 30.2 Å². The lowest BCUT2D eigenvalue weighted by molar-refractivity contribution is -0.0153. The van der Waals surface area contributed by atoms with E-state index in [9.17, 15) is 18.4 Å². The molecule has 0 aliphatic carbocycles. The van der Waals surface area contributed by atoms with Crippen LogP contribution in [-0.4, -0.2) is 48.4 Å². The second-order valence-electron chi connectivity index (χ2n) is 8.03. The number of oxazole rings is 1. The van der Waals surface area contributed by atoms with Crippen molar-refractivity contribution in [2.24, 2.45) is 0 Å². The first kappa shape index (κ1) is 21.3. The Morgan fingerprint density at radius 2 is 1.91 bits per heavy atom. The Morgan fingerprint density at radius 1 is 1.21 bits per heavy atom. The summed E-state index contributed by atoms with van der Waals surface area (Å²) in [6, 6.07) is 3.94. The maximum atomic E-state index is 14.1. The van der Waals surface area contributed by atoms with Crippen LogP contribution in [0, 0.1) is 13.8 Å². The number of hydrogen-bond donors (Lipinski definition) is 2. The van der Waals surface area contributed by atoms with Crippen molar-refractivity contribution in [3.8, 4) is 11.3 Å². The fourth-order valence-corrected chi connectivity index (χ4v) is 4.23. The van der Waals surface area contributed by atoms with Gasteiger partial charge >= 0.3 is 5.76 Å². The zero-order valence-corrected chi connectivity index (χ0v) is 18.4. The van der Waals surface area contributed by atoms with Crippen LogP contribution < -0.4 is 5.76 Å². The molecule has 1 aliphatic rings. The highest BCUT2D eigenvalue weighted by atomic mass is 35.5. The summed E-state index contributed by atoms with van der Waals surface area (Å²) in [7, 11) is 0. The molecule has 33 heavy (non-hydrogen) atoms. The Bertz CT molecular complexity index is 1460. The number of aromatic nitrogens is 5. The normalized spacial score (nSPS) is 16.1. The van der Waals surface area contributed by atoms with E-state index in [0.717, 1.165) is 11.8 Å². The molecule has 5 rings (SSSR count). The van der Waals surface area contributed by atoms with Crippen LogP contribution in [0.25, 0.3) is 22.4 Å². The number of para-hydroxylation sites is 1. The molecule has 0 fully saturated rings. The monoisotopic (exact) mass is 474 g/mol. The summed E-state index contributed by atoms with van der Waals surface area (Å²) >= 11 is 6.21. The number of amides is 1. The molecule has 170 valence electrons. The number of aromatic amines is 2. The van der Waals surface area contributed by atoms with Crippen LogP contribution in [0.4, 0.5) is 8.78 Å². The highest BCUT2D eigenvalue weighted by Gasteiger charge is 2.47. The van der Waals surface area contributed by atoms with Crippen LogP contribution in [0.3, 0.4) is 0 Å². The van der Waals surface area contributed by atoms with Gasteiger partial charge < -0.3 is 9.32 Å². The maximum Gasteiger partial charge on any atom is 0.417 e. The van der Waals surface area contributed by atoms with E-state index in [1.54, 1.807) is 32.0 Å². The van der Waals surface area contributed by atoms with Gasteiger partial charge in [0.25, 0.3) is 11.8 Å². The lowest BCUT2D eigenvalue weighted by Gasteiger charge is -2.27. The first-order valence-electron chi connectivity index (χ1n) is 9.95. The van der Waals surface area contributed by atoms with Gasteiger partial charge in [-0.15, -0.1) is 0 Å². The molecule has 0 spiro atoms. The lowest BCUT2D eigenvalue weighted by Crippen LogP contribution is -2.39. The van der Waals surface area contributed by atoms with E-state index in [1.165, 1.54) is 0 Å². The van der Waals surface area contributed by atoms with Crippen molar-refractivity contribution in [2.45, 2.75) is 32.7 Å². The maximum absolute atomic E-state index is 14.1. The van der Waals surface area contributed by atoms with Gasteiger partial charge in [0.2, 0.25) is 0 Å². The molecule has 1 aliphatic heterocycles. The third kappa shape index (κ3) is 3.39. The van der Waals surface area contributed by atoms with Gasteiger partial charge in [0.05, 0.1) is 28.5 Å². The van der Waals surface area contributed by atoms with Crippen LogP contribution in [-0.2, 0) is 0 Å². The summed E-state index contributed by atoms with van der Waals surface area (Å²) in [4.78, 5) is 37.3. The molecule has 9 nitrogen and oxygen atoms in total. The Kier molecular flexibility index (Phi) is 4.64. The van der Waals surface area contributed by atoms with E-state index in [0.29, 0.717) is 33.1 Å². The predicted octanol–water partition coefficient (Wildman–Crippen LogP) is 3.77.